The van der Waals surface area contributed by atoms with Crippen LogP contribution in [0.25, 0.3) is 0 Å². The third kappa shape index (κ3) is 4.28. The van der Waals surface area contributed by atoms with E-state index in [0.717, 1.165) is 31.4 Å². The highest BCUT2D eigenvalue weighted by atomic mass is 19.4. The zero-order valence-electron chi connectivity index (χ0n) is 14.6. The summed E-state index contributed by atoms with van der Waals surface area (Å²) in [6.07, 6.45) is -0.810. The Bertz CT molecular complexity index is 616. The monoisotopic (exact) mass is 372 g/mol. The van der Waals surface area contributed by atoms with E-state index in [1.807, 2.05) is 5.32 Å². The minimum Gasteiger partial charge on any atom is -0.464 e. The van der Waals surface area contributed by atoms with Gasteiger partial charge in [0.25, 0.3) is 5.54 Å². The molecule has 2 rings (SSSR count). The highest BCUT2D eigenvalue weighted by molar-refractivity contribution is 5.89. The number of benzene rings is 1. The quantitative estimate of drug-likeness (QED) is 0.776. The predicted molar refractivity (Wildman–Crippen MR) is 89.3 cm³/mol. The van der Waals surface area contributed by atoms with Gasteiger partial charge in [-0.1, -0.05) is 49.6 Å². The highest BCUT2D eigenvalue weighted by Crippen LogP contribution is 2.40. The number of carbonyl (C=O) groups excluding carboxylic acids is 2. The number of hydrogen-bond acceptors (Lipinski definition) is 3. The van der Waals surface area contributed by atoms with Crippen molar-refractivity contribution in [2.24, 2.45) is 0 Å². The van der Waals surface area contributed by atoms with Crippen molar-refractivity contribution in [1.82, 2.24) is 10.6 Å². The first kappa shape index (κ1) is 20.1. The fourth-order valence-electron chi connectivity index (χ4n) is 3.16. The van der Waals surface area contributed by atoms with Crippen molar-refractivity contribution in [3.05, 3.63) is 35.9 Å². The van der Waals surface area contributed by atoms with Crippen LogP contribution in [0, 0.1) is 0 Å². The maximum absolute atomic E-state index is 14.0. The van der Waals surface area contributed by atoms with Crippen molar-refractivity contribution in [1.29, 1.82) is 0 Å². The van der Waals surface area contributed by atoms with Crippen molar-refractivity contribution in [2.45, 2.75) is 56.8 Å². The molecule has 2 amide bonds. The van der Waals surface area contributed by atoms with Crippen LogP contribution in [-0.4, -0.2) is 30.8 Å². The second kappa shape index (κ2) is 8.42. The van der Waals surface area contributed by atoms with Crippen molar-refractivity contribution >= 4 is 12.0 Å². The summed E-state index contributed by atoms with van der Waals surface area (Å²) in [7, 11) is 0. The lowest BCUT2D eigenvalue weighted by molar-refractivity contribution is -0.214. The van der Waals surface area contributed by atoms with E-state index in [4.69, 9.17) is 0 Å². The Kier molecular flexibility index (Phi) is 6.50. The molecule has 1 fully saturated rings. The molecule has 0 spiro atoms. The molecular formula is C18H23F3N2O3. The molecule has 1 aliphatic rings. The van der Waals surface area contributed by atoms with Gasteiger partial charge in [-0.3, -0.25) is 0 Å². The third-order valence-corrected chi connectivity index (χ3v) is 4.46. The van der Waals surface area contributed by atoms with E-state index in [1.54, 1.807) is 0 Å². The number of rotatable bonds is 5. The Morgan fingerprint density at radius 3 is 2.27 bits per heavy atom. The summed E-state index contributed by atoms with van der Waals surface area (Å²) < 4.78 is 46.8. The van der Waals surface area contributed by atoms with Crippen LogP contribution in [0.2, 0.25) is 0 Å². The fourth-order valence-corrected chi connectivity index (χ4v) is 3.16. The lowest BCUT2D eigenvalue weighted by Crippen LogP contribution is -2.64. The van der Waals surface area contributed by atoms with Crippen LogP contribution in [0.1, 0.15) is 44.6 Å². The molecule has 1 saturated carbocycles. The Morgan fingerprint density at radius 1 is 1.12 bits per heavy atom. The predicted octanol–water partition coefficient (Wildman–Crippen LogP) is 3.64. The van der Waals surface area contributed by atoms with E-state index in [-0.39, 0.29) is 12.6 Å². The SMILES string of the molecule is CCOC(=O)[C@](NC(=O)NC1CCCCC1)(c1ccccc1)C(F)(F)F. The lowest BCUT2D eigenvalue weighted by atomic mass is 9.89. The van der Waals surface area contributed by atoms with Crippen LogP contribution in [-0.2, 0) is 15.1 Å². The van der Waals surface area contributed by atoms with Gasteiger partial charge in [0.2, 0.25) is 0 Å². The van der Waals surface area contributed by atoms with Crippen molar-refractivity contribution in [3.63, 3.8) is 0 Å². The number of hydrogen-bond donors (Lipinski definition) is 2. The standard InChI is InChI=1S/C18H23F3N2O3/c1-2-26-15(24)17(18(19,20)21,13-9-5-3-6-10-13)23-16(25)22-14-11-7-4-8-12-14/h3,5-6,9-10,14H,2,4,7-8,11-12H2,1H3,(H2,22,23,25)/t17-/m1/s1. The number of halogens is 3. The van der Waals surface area contributed by atoms with Crippen LogP contribution in [0.4, 0.5) is 18.0 Å². The Hall–Kier alpha value is -2.25. The van der Waals surface area contributed by atoms with Gasteiger partial charge in [-0.05, 0) is 25.3 Å². The summed E-state index contributed by atoms with van der Waals surface area (Å²) in [4.78, 5) is 24.7. The molecule has 0 aliphatic heterocycles. The molecule has 26 heavy (non-hydrogen) atoms. The number of urea groups is 1. The molecule has 1 aromatic carbocycles. The number of carbonyl (C=O) groups is 2. The largest absolute Gasteiger partial charge is 0.464 e. The summed E-state index contributed by atoms with van der Waals surface area (Å²) in [5.41, 5.74) is -3.66. The van der Waals surface area contributed by atoms with Crippen molar-refractivity contribution < 1.29 is 27.5 Å². The van der Waals surface area contributed by atoms with E-state index in [9.17, 15) is 22.8 Å². The number of nitrogens with one attached hydrogen (secondary N) is 2. The maximum atomic E-state index is 14.0. The number of ether oxygens (including phenoxy) is 1. The van der Waals surface area contributed by atoms with Gasteiger partial charge in [0, 0.05) is 6.04 Å². The van der Waals surface area contributed by atoms with E-state index in [1.165, 1.54) is 25.1 Å². The van der Waals surface area contributed by atoms with Crippen LogP contribution in [0.15, 0.2) is 30.3 Å². The average Bonchev–Trinajstić information content (AvgIpc) is 2.60. The highest BCUT2D eigenvalue weighted by Gasteiger charge is 2.64. The van der Waals surface area contributed by atoms with Gasteiger partial charge in [-0.2, -0.15) is 13.2 Å². The van der Waals surface area contributed by atoms with E-state index >= 15 is 0 Å². The molecule has 0 heterocycles. The summed E-state index contributed by atoms with van der Waals surface area (Å²) in [6, 6.07) is 5.32. The number of alkyl halides is 3. The maximum Gasteiger partial charge on any atom is 0.426 e. The molecule has 2 N–H and O–H groups in total. The second-order valence-corrected chi connectivity index (χ2v) is 6.27. The van der Waals surface area contributed by atoms with Crippen LogP contribution >= 0.6 is 0 Å². The van der Waals surface area contributed by atoms with Gasteiger partial charge in [-0.25, -0.2) is 9.59 Å². The molecule has 0 radical (unpaired) electrons. The van der Waals surface area contributed by atoms with Gasteiger partial charge in [0.1, 0.15) is 0 Å². The van der Waals surface area contributed by atoms with Crippen LogP contribution < -0.4 is 10.6 Å². The molecule has 0 unspecified atom stereocenters. The van der Waals surface area contributed by atoms with Gasteiger partial charge in [0.05, 0.1) is 6.61 Å². The first-order chi connectivity index (χ1) is 12.3. The van der Waals surface area contributed by atoms with Gasteiger partial charge < -0.3 is 15.4 Å². The van der Waals surface area contributed by atoms with Gasteiger partial charge in [-0.15, -0.1) is 0 Å². The molecule has 0 saturated heterocycles. The first-order valence-electron chi connectivity index (χ1n) is 8.69. The molecule has 1 aliphatic carbocycles. The fraction of sp³-hybridized carbons (Fsp3) is 0.556. The zero-order chi connectivity index (χ0) is 19.2. The molecule has 0 aromatic heterocycles. The van der Waals surface area contributed by atoms with Crippen LogP contribution in [0.5, 0.6) is 0 Å². The Morgan fingerprint density at radius 2 is 1.73 bits per heavy atom. The Labute approximate surface area is 150 Å². The first-order valence-corrected chi connectivity index (χ1v) is 8.69. The molecular weight excluding hydrogens is 349 g/mol. The third-order valence-electron chi connectivity index (χ3n) is 4.46. The molecule has 144 valence electrons. The molecule has 1 aromatic rings. The average molecular weight is 372 g/mol. The van der Waals surface area contributed by atoms with Crippen molar-refractivity contribution in [3.8, 4) is 0 Å². The second-order valence-electron chi connectivity index (χ2n) is 6.27. The topological polar surface area (TPSA) is 67.4 Å². The lowest BCUT2D eigenvalue weighted by Gasteiger charge is -2.35. The van der Waals surface area contributed by atoms with Crippen LogP contribution in [0.3, 0.4) is 0 Å². The summed E-state index contributed by atoms with van der Waals surface area (Å²) in [6.45, 7) is 1.17. The summed E-state index contributed by atoms with van der Waals surface area (Å²) in [5, 5.41) is 4.42. The number of esters is 1. The smallest absolute Gasteiger partial charge is 0.426 e. The van der Waals surface area contributed by atoms with Gasteiger partial charge >= 0.3 is 18.2 Å². The molecule has 5 nitrogen and oxygen atoms in total. The normalized spacial score (nSPS) is 17.8. The zero-order valence-corrected chi connectivity index (χ0v) is 14.6. The minimum atomic E-state index is -5.08. The summed E-state index contributed by atoms with van der Waals surface area (Å²) in [5.74, 6) is -1.56. The molecule has 0 bridgehead atoms. The van der Waals surface area contributed by atoms with E-state index < -0.39 is 29.3 Å². The molecule has 1 atom stereocenters. The Balaban J connectivity index is 2.35. The minimum absolute atomic E-state index is 0.201. The number of amides is 2. The van der Waals surface area contributed by atoms with E-state index in [0.29, 0.717) is 12.8 Å². The molecule has 8 heteroatoms. The van der Waals surface area contributed by atoms with Gasteiger partial charge in [0.15, 0.2) is 0 Å². The summed E-state index contributed by atoms with van der Waals surface area (Å²) >= 11 is 0. The van der Waals surface area contributed by atoms with E-state index in [2.05, 4.69) is 10.1 Å². The van der Waals surface area contributed by atoms with Crippen molar-refractivity contribution in [2.75, 3.05) is 6.61 Å².